The maximum Gasteiger partial charge on any atom is 0.129 e. The Balaban J connectivity index is 2.56. The van der Waals surface area contributed by atoms with Crippen molar-refractivity contribution < 1.29 is 13.9 Å². The van der Waals surface area contributed by atoms with Gasteiger partial charge in [0.25, 0.3) is 0 Å². The molecule has 1 atom stereocenters. The van der Waals surface area contributed by atoms with Gasteiger partial charge in [-0.1, -0.05) is 17.7 Å². The van der Waals surface area contributed by atoms with E-state index in [9.17, 15) is 13.9 Å². The Kier molecular flexibility index (Phi) is 3.67. The third-order valence-corrected chi connectivity index (χ3v) is 3.26. The highest BCUT2D eigenvalue weighted by atomic mass is 19.1. The van der Waals surface area contributed by atoms with Gasteiger partial charge in [0.15, 0.2) is 0 Å². The van der Waals surface area contributed by atoms with Gasteiger partial charge < -0.3 is 5.11 Å². The van der Waals surface area contributed by atoms with E-state index >= 15 is 0 Å². The van der Waals surface area contributed by atoms with Gasteiger partial charge in [-0.15, -0.1) is 0 Å². The lowest BCUT2D eigenvalue weighted by Gasteiger charge is -2.18. The van der Waals surface area contributed by atoms with Crippen LogP contribution in [0.5, 0.6) is 0 Å². The highest BCUT2D eigenvalue weighted by Crippen LogP contribution is 2.30. The molecule has 3 heteroatoms. The van der Waals surface area contributed by atoms with Crippen LogP contribution in [0.25, 0.3) is 0 Å². The summed E-state index contributed by atoms with van der Waals surface area (Å²) >= 11 is 0. The minimum absolute atomic E-state index is 0.0324. The van der Waals surface area contributed by atoms with Crippen LogP contribution in [0.2, 0.25) is 0 Å². The lowest BCUT2D eigenvalue weighted by atomic mass is 9.91. The second kappa shape index (κ2) is 5.10. The molecule has 1 nitrogen and oxygen atoms in total. The van der Waals surface area contributed by atoms with Crippen LogP contribution in [-0.2, 0) is 0 Å². The summed E-state index contributed by atoms with van der Waals surface area (Å²) in [6.45, 7) is 5.67. The Hall–Kier alpha value is -1.74. The fourth-order valence-electron chi connectivity index (χ4n) is 2.50. The van der Waals surface area contributed by atoms with Crippen molar-refractivity contribution in [2.75, 3.05) is 0 Å². The van der Waals surface area contributed by atoms with Crippen molar-refractivity contribution in [3.63, 3.8) is 0 Å². The van der Waals surface area contributed by atoms with Crippen LogP contribution >= 0.6 is 0 Å². The van der Waals surface area contributed by atoms with Gasteiger partial charge in [0.1, 0.15) is 17.7 Å². The number of hydrogen-bond acceptors (Lipinski definition) is 1. The SMILES string of the molecule is Cc1cc(C)c(C(O)c2cc(F)ccc2F)c(C)c1. The van der Waals surface area contributed by atoms with Crippen LogP contribution in [-0.4, -0.2) is 5.11 Å². The molecule has 0 radical (unpaired) electrons. The van der Waals surface area contributed by atoms with Gasteiger partial charge in [-0.05, 0) is 55.7 Å². The second-order valence-corrected chi connectivity index (χ2v) is 4.88. The zero-order valence-corrected chi connectivity index (χ0v) is 11.2. The highest BCUT2D eigenvalue weighted by Gasteiger charge is 2.19. The second-order valence-electron chi connectivity index (χ2n) is 4.88. The van der Waals surface area contributed by atoms with E-state index in [1.165, 1.54) is 0 Å². The fraction of sp³-hybridized carbons (Fsp3) is 0.250. The first-order valence-corrected chi connectivity index (χ1v) is 6.11. The van der Waals surface area contributed by atoms with Crippen LogP contribution in [0.4, 0.5) is 8.78 Å². The smallest absolute Gasteiger partial charge is 0.129 e. The van der Waals surface area contributed by atoms with Gasteiger partial charge in [0, 0.05) is 5.56 Å². The molecule has 0 fully saturated rings. The average Bonchev–Trinajstić information content (AvgIpc) is 2.30. The maximum absolute atomic E-state index is 13.7. The molecule has 0 aliphatic carbocycles. The molecule has 0 spiro atoms. The molecule has 0 bridgehead atoms. The van der Waals surface area contributed by atoms with E-state index in [0.29, 0.717) is 5.56 Å². The topological polar surface area (TPSA) is 20.2 Å². The Labute approximate surface area is 111 Å². The molecule has 0 saturated heterocycles. The van der Waals surface area contributed by atoms with Crippen molar-refractivity contribution in [1.29, 1.82) is 0 Å². The Bertz CT molecular complexity index is 597. The molecular formula is C16H16F2O. The number of benzene rings is 2. The Morgan fingerprint density at radius 2 is 1.53 bits per heavy atom. The number of rotatable bonds is 2. The summed E-state index contributed by atoms with van der Waals surface area (Å²) in [5, 5.41) is 10.3. The van der Waals surface area contributed by atoms with Crippen molar-refractivity contribution in [3.05, 3.63) is 69.8 Å². The summed E-state index contributed by atoms with van der Waals surface area (Å²) in [5.41, 5.74) is 3.41. The molecule has 100 valence electrons. The fourth-order valence-corrected chi connectivity index (χ4v) is 2.50. The van der Waals surface area contributed by atoms with E-state index in [1.54, 1.807) is 0 Å². The molecule has 0 saturated carbocycles. The molecule has 2 aromatic rings. The molecule has 0 heterocycles. The minimum Gasteiger partial charge on any atom is -0.384 e. The molecule has 0 aliphatic rings. The summed E-state index contributed by atoms with van der Waals surface area (Å²) in [7, 11) is 0. The first kappa shape index (κ1) is 13.7. The summed E-state index contributed by atoms with van der Waals surface area (Å²) in [6.07, 6.45) is -1.16. The molecule has 1 N–H and O–H groups in total. The van der Waals surface area contributed by atoms with E-state index in [2.05, 4.69) is 0 Å². The van der Waals surface area contributed by atoms with Crippen molar-refractivity contribution >= 4 is 0 Å². The van der Waals surface area contributed by atoms with Gasteiger partial charge in [-0.2, -0.15) is 0 Å². The summed E-state index contributed by atoms with van der Waals surface area (Å²) in [5.74, 6) is -1.16. The first-order valence-electron chi connectivity index (χ1n) is 6.11. The minimum atomic E-state index is -1.16. The van der Waals surface area contributed by atoms with Crippen molar-refractivity contribution in [2.45, 2.75) is 26.9 Å². The monoisotopic (exact) mass is 262 g/mol. The number of aliphatic hydroxyl groups excluding tert-OH is 1. The van der Waals surface area contributed by atoms with E-state index < -0.39 is 17.7 Å². The molecule has 1 unspecified atom stereocenters. The standard InChI is InChI=1S/C16H16F2O/c1-9-6-10(2)15(11(3)7-9)16(19)13-8-12(17)4-5-14(13)18/h4-8,16,19H,1-3H3. The van der Waals surface area contributed by atoms with Gasteiger partial charge in [0.2, 0.25) is 0 Å². The molecular weight excluding hydrogens is 246 g/mol. The van der Waals surface area contributed by atoms with Crippen LogP contribution in [0, 0.1) is 32.4 Å². The number of hydrogen-bond donors (Lipinski definition) is 1. The van der Waals surface area contributed by atoms with E-state index in [4.69, 9.17) is 0 Å². The number of aryl methyl sites for hydroxylation is 3. The molecule has 19 heavy (non-hydrogen) atoms. The summed E-state index contributed by atoms with van der Waals surface area (Å²) in [4.78, 5) is 0. The lowest BCUT2D eigenvalue weighted by molar-refractivity contribution is 0.213. The lowest BCUT2D eigenvalue weighted by Crippen LogP contribution is -2.07. The van der Waals surface area contributed by atoms with Crippen molar-refractivity contribution in [2.24, 2.45) is 0 Å². The van der Waals surface area contributed by atoms with Crippen molar-refractivity contribution in [1.82, 2.24) is 0 Å². The molecule has 2 aromatic carbocycles. The predicted octanol–water partition coefficient (Wildman–Crippen LogP) is 3.97. The quantitative estimate of drug-likeness (QED) is 0.868. The average molecular weight is 262 g/mol. The first-order chi connectivity index (χ1) is 8.90. The Morgan fingerprint density at radius 1 is 0.947 bits per heavy atom. The molecule has 0 aliphatic heterocycles. The summed E-state index contributed by atoms with van der Waals surface area (Å²) < 4.78 is 26.9. The zero-order valence-electron chi connectivity index (χ0n) is 11.2. The summed E-state index contributed by atoms with van der Waals surface area (Å²) in [6, 6.07) is 6.96. The van der Waals surface area contributed by atoms with Crippen LogP contribution in [0.3, 0.4) is 0 Å². The van der Waals surface area contributed by atoms with Gasteiger partial charge in [-0.25, -0.2) is 8.78 Å². The van der Waals surface area contributed by atoms with Crippen LogP contribution in [0.15, 0.2) is 30.3 Å². The van der Waals surface area contributed by atoms with E-state index in [1.807, 2.05) is 32.9 Å². The molecule has 2 rings (SSSR count). The largest absolute Gasteiger partial charge is 0.384 e. The third kappa shape index (κ3) is 2.66. The van der Waals surface area contributed by atoms with Gasteiger partial charge in [-0.3, -0.25) is 0 Å². The number of halogens is 2. The Morgan fingerprint density at radius 3 is 2.11 bits per heavy atom. The van der Waals surface area contributed by atoms with Crippen LogP contribution < -0.4 is 0 Å². The molecule has 0 aromatic heterocycles. The maximum atomic E-state index is 13.7. The van der Waals surface area contributed by atoms with Gasteiger partial charge in [0.05, 0.1) is 0 Å². The predicted molar refractivity (Wildman–Crippen MR) is 71.1 cm³/mol. The highest BCUT2D eigenvalue weighted by molar-refractivity contribution is 5.43. The normalized spacial score (nSPS) is 12.5. The zero-order chi connectivity index (χ0) is 14.2. The molecule has 0 amide bonds. The van der Waals surface area contributed by atoms with Crippen molar-refractivity contribution in [3.8, 4) is 0 Å². The van der Waals surface area contributed by atoms with E-state index in [-0.39, 0.29) is 5.56 Å². The third-order valence-electron chi connectivity index (χ3n) is 3.26. The van der Waals surface area contributed by atoms with Crippen LogP contribution in [0.1, 0.15) is 33.9 Å². The van der Waals surface area contributed by atoms with Gasteiger partial charge >= 0.3 is 0 Å². The number of aliphatic hydroxyl groups is 1. The van der Waals surface area contributed by atoms with E-state index in [0.717, 1.165) is 34.9 Å².